The van der Waals surface area contributed by atoms with Gasteiger partial charge in [0.15, 0.2) is 12.6 Å². The molecule has 0 aromatic heterocycles. The van der Waals surface area contributed by atoms with Crippen molar-refractivity contribution in [2.24, 2.45) is 17.2 Å². The van der Waals surface area contributed by atoms with Crippen molar-refractivity contribution in [2.45, 2.75) is 105 Å². The van der Waals surface area contributed by atoms with Gasteiger partial charge in [-0.2, -0.15) is 0 Å². The van der Waals surface area contributed by atoms with Gasteiger partial charge in [-0.1, -0.05) is 6.92 Å². The summed E-state index contributed by atoms with van der Waals surface area (Å²) >= 11 is 0. The zero-order valence-electron chi connectivity index (χ0n) is 17.3. The molecule has 1 saturated carbocycles. The van der Waals surface area contributed by atoms with E-state index in [1.807, 2.05) is 0 Å². The van der Waals surface area contributed by atoms with Gasteiger partial charge in [-0.3, -0.25) is 0 Å². The van der Waals surface area contributed by atoms with Crippen LogP contribution in [0.15, 0.2) is 0 Å². The van der Waals surface area contributed by atoms with Crippen molar-refractivity contribution < 1.29 is 49.6 Å². The molecule has 3 fully saturated rings. The quantitative estimate of drug-likeness (QED) is 0.183. The highest BCUT2D eigenvalue weighted by Gasteiger charge is 2.51. The highest BCUT2D eigenvalue weighted by Crippen LogP contribution is 2.32. The Labute approximate surface area is 179 Å². The first kappa shape index (κ1) is 25.1. The van der Waals surface area contributed by atoms with Crippen molar-refractivity contribution in [3.63, 3.8) is 0 Å². The van der Waals surface area contributed by atoms with Crippen LogP contribution in [-0.2, 0) is 18.9 Å². The Kier molecular flexibility index (Phi) is 8.24. The van der Waals surface area contributed by atoms with Crippen molar-refractivity contribution in [3.8, 4) is 0 Å². The zero-order valence-corrected chi connectivity index (χ0v) is 17.3. The molecule has 0 radical (unpaired) electrons. The van der Waals surface area contributed by atoms with Gasteiger partial charge in [0, 0.05) is 12.1 Å². The first-order valence-electron chi connectivity index (χ1n) is 10.5. The van der Waals surface area contributed by atoms with Crippen molar-refractivity contribution in [1.82, 2.24) is 0 Å². The third-order valence-electron chi connectivity index (χ3n) is 6.30. The third kappa shape index (κ3) is 4.89. The van der Waals surface area contributed by atoms with E-state index >= 15 is 0 Å². The first-order valence-corrected chi connectivity index (χ1v) is 10.5. The lowest BCUT2D eigenvalue weighted by Gasteiger charge is -2.47. The molecule has 13 heteroatoms. The molecule has 31 heavy (non-hydrogen) atoms. The molecule has 0 amide bonds. The van der Waals surface area contributed by atoms with Crippen LogP contribution in [0.25, 0.3) is 0 Å². The van der Waals surface area contributed by atoms with Gasteiger partial charge < -0.3 is 66.8 Å². The van der Waals surface area contributed by atoms with E-state index in [2.05, 4.69) is 0 Å². The SMILES string of the molecule is CC[C@H]1O[C@@H](OC2C(O)[C@H](N)CC(N)[C@@H]2O[C@H]2OC(CO)[C@@H](O)C(O)C2N)C(O)C1O. The molecule has 0 aromatic carbocycles. The Morgan fingerprint density at radius 3 is 1.90 bits per heavy atom. The standard InChI is InChI=1S/C18H35N3O10/c1-2-7-11(24)14(27)18(28-7)31-16-10(23)5(19)3-6(20)15(16)30-17-9(21)13(26)12(25)8(4-22)29-17/h5-18,22-27H,2-4,19-21H2,1H3/t5-,6?,7-,8?,9?,10?,11?,12-,13?,14?,15+,16?,17-,18+/m1/s1. The van der Waals surface area contributed by atoms with Crippen LogP contribution in [0.5, 0.6) is 0 Å². The van der Waals surface area contributed by atoms with Crippen molar-refractivity contribution >= 4 is 0 Å². The Hall–Kier alpha value is -0.520. The van der Waals surface area contributed by atoms with E-state index in [0.717, 1.165) is 0 Å². The number of aliphatic hydroxyl groups is 6. The fourth-order valence-corrected chi connectivity index (χ4v) is 4.31. The number of rotatable bonds is 6. The maximum atomic E-state index is 10.7. The van der Waals surface area contributed by atoms with E-state index in [1.165, 1.54) is 0 Å². The molecule has 0 aromatic rings. The molecule has 2 saturated heterocycles. The van der Waals surface area contributed by atoms with E-state index in [0.29, 0.717) is 6.42 Å². The number of hydrogen-bond acceptors (Lipinski definition) is 13. The Morgan fingerprint density at radius 2 is 1.32 bits per heavy atom. The van der Waals surface area contributed by atoms with E-state index in [4.69, 9.17) is 36.1 Å². The topological polar surface area (TPSA) is 236 Å². The maximum Gasteiger partial charge on any atom is 0.187 e. The smallest absolute Gasteiger partial charge is 0.187 e. The Bertz CT molecular complexity index is 589. The normalized spacial score (nSPS) is 53.6. The number of hydrogen-bond donors (Lipinski definition) is 9. The van der Waals surface area contributed by atoms with Crippen LogP contribution in [0, 0.1) is 0 Å². The lowest BCUT2D eigenvalue weighted by atomic mass is 9.84. The lowest BCUT2D eigenvalue weighted by molar-refractivity contribution is -0.310. The van der Waals surface area contributed by atoms with E-state index in [9.17, 15) is 30.6 Å². The molecule has 0 bridgehead atoms. The predicted octanol–water partition coefficient (Wildman–Crippen LogP) is -5.20. The highest BCUT2D eigenvalue weighted by molar-refractivity contribution is 5.01. The molecule has 1 aliphatic carbocycles. The van der Waals surface area contributed by atoms with Crippen LogP contribution in [0.2, 0.25) is 0 Å². The van der Waals surface area contributed by atoms with Crippen LogP contribution in [0.4, 0.5) is 0 Å². The van der Waals surface area contributed by atoms with Crippen LogP contribution in [0.3, 0.4) is 0 Å². The summed E-state index contributed by atoms with van der Waals surface area (Å²) in [6.07, 6.45) is -12.7. The molecule has 13 nitrogen and oxygen atoms in total. The van der Waals surface area contributed by atoms with Crippen LogP contribution in [-0.4, -0.2) is 123 Å². The summed E-state index contributed by atoms with van der Waals surface area (Å²) in [6.45, 7) is 1.18. The van der Waals surface area contributed by atoms with Gasteiger partial charge in [0.05, 0.1) is 24.9 Å². The van der Waals surface area contributed by atoms with Crippen LogP contribution < -0.4 is 17.2 Å². The van der Waals surface area contributed by atoms with Crippen molar-refractivity contribution in [2.75, 3.05) is 6.61 Å². The summed E-state index contributed by atoms with van der Waals surface area (Å²) in [5.41, 5.74) is 18.1. The van der Waals surface area contributed by atoms with Gasteiger partial charge in [-0.15, -0.1) is 0 Å². The minimum atomic E-state index is -1.44. The largest absolute Gasteiger partial charge is 0.394 e. The molecule has 3 aliphatic rings. The molecule has 2 aliphatic heterocycles. The third-order valence-corrected chi connectivity index (χ3v) is 6.30. The van der Waals surface area contributed by atoms with Crippen molar-refractivity contribution in [1.29, 1.82) is 0 Å². The van der Waals surface area contributed by atoms with Gasteiger partial charge in [0.2, 0.25) is 0 Å². The molecule has 0 spiro atoms. The minimum absolute atomic E-state index is 0.163. The fraction of sp³-hybridized carbons (Fsp3) is 1.00. The summed E-state index contributed by atoms with van der Waals surface area (Å²) in [5, 5.41) is 60.5. The lowest BCUT2D eigenvalue weighted by Crippen LogP contribution is -2.68. The monoisotopic (exact) mass is 453 g/mol. The molecule has 14 atom stereocenters. The second kappa shape index (κ2) is 10.2. The van der Waals surface area contributed by atoms with Gasteiger partial charge in [-0.25, -0.2) is 0 Å². The summed E-state index contributed by atoms with van der Waals surface area (Å²) in [6, 6.07) is -2.69. The summed E-state index contributed by atoms with van der Waals surface area (Å²) < 4.78 is 22.7. The second-order valence-electron chi connectivity index (χ2n) is 8.47. The van der Waals surface area contributed by atoms with Gasteiger partial charge >= 0.3 is 0 Å². The maximum absolute atomic E-state index is 10.7. The highest BCUT2D eigenvalue weighted by atomic mass is 16.7. The Morgan fingerprint density at radius 1 is 0.742 bits per heavy atom. The average Bonchev–Trinajstić information content (AvgIpc) is 3.02. The molecule has 8 unspecified atom stereocenters. The second-order valence-corrected chi connectivity index (χ2v) is 8.47. The summed E-state index contributed by atoms with van der Waals surface area (Å²) in [7, 11) is 0. The zero-order chi connectivity index (χ0) is 23.0. The molecule has 12 N–H and O–H groups in total. The van der Waals surface area contributed by atoms with Crippen LogP contribution in [0.1, 0.15) is 19.8 Å². The molecular formula is C18H35N3O10. The fourth-order valence-electron chi connectivity index (χ4n) is 4.31. The number of aliphatic hydroxyl groups excluding tert-OH is 6. The van der Waals surface area contributed by atoms with Gasteiger partial charge in [-0.05, 0) is 12.8 Å². The molecule has 2 heterocycles. The average molecular weight is 453 g/mol. The first-order chi connectivity index (χ1) is 14.6. The van der Waals surface area contributed by atoms with E-state index in [-0.39, 0.29) is 6.42 Å². The molecule has 182 valence electrons. The number of nitrogens with two attached hydrogens (primary N) is 3. The Balaban J connectivity index is 1.78. The molecule has 3 rings (SSSR count). The van der Waals surface area contributed by atoms with Crippen LogP contribution >= 0.6 is 0 Å². The number of ether oxygens (including phenoxy) is 4. The van der Waals surface area contributed by atoms with E-state index < -0.39 is 92.2 Å². The van der Waals surface area contributed by atoms with Gasteiger partial charge in [0.1, 0.15) is 42.7 Å². The summed E-state index contributed by atoms with van der Waals surface area (Å²) in [4.78, 5) is 0. The van der Waals surface area contributed by atoms with Crippen molar-refractivity contribution in [3.05, 3.63) is 0 Å². The molecular weight excluding hydrogens is 418 g/mol. The minimum Gasteiger partial charge on any atom is -0.394 e. The predicted molar refractivity (Wildman–Crippen MR) is 103 cm³/mol. The van der Waals surface area contributed by atoms with E-state index in [1.54, 1.807) is 6.92 Å². The van der Waals surface area contributed by atoms with Gasteiger partial charge in [0.25, 0.3) is 0 Å². The summed E-state index contributed by atoms with van der Waals surface area (Å²) in [5.74, 6) is 0.